The zero-order valence-corrected chi connectivity index (χ0v) is 15.8. The quantitative estimate of drug-likeness (QED) is 0.458. The fraction of sp³-hybridized carbons (Fsp3) is 0.318. The Bertz CT molecular complexity index is 845. The van der Waals surface area contributed by atoms with Crippen LogP contribution in [0.2, 0.25) is 0 Å². The molecule has 1 aliphatic carbocycles. The van der Waals surface area contributed by atoms with Gasteiger partial charge in [-0.1, -0.05) is 61.7 Å². The van der Waals surface area contributed by atoms with Crippen LogP contribution in [-0.2, 0) is 4.79 Å². The summed E-state index contributed by atoms with van der Waals surface area (Å²) >= 11 is 0. The number of hydrogen-bond acceptors (Lipinski definition) is 3. The molecule has 0 bridgehead atoms. The van der Waals surface area contributed by atoms with Gasteiger partial charge in [-0.2, -0.15) is 0 Å². The van der Waals surface area contributed by atoms with Gasteiger partial charge < -0.3 is 16.4 Å². The Morgan fingerprint density at radius 2 is 1.64 bits per heavy atom. The molecule has 0 aliphatic heterocycles. The minimum Gasteiger partial charge on any atom is -0.384 e. The summed E-state index contributed by atoms with van der Waals surface area (Å²) in [5.74, 6) is -0.686. The van der Waals surface area contributed by atoms with Gasteiger partial charge in [-0.15, -0.1) is 0 Å². The third-order valence-electron chi connectivity index (χ3n) is 5.06. The molecule has 6 nitrogen and oxygen atoms in total. The monoisotopic (exact) mass is 378 g/mol. The normalized spacial score (nSPS) is 15.4. The predicted octanol–water partition coefficient (Wildman–Crippen LogP) is 2.89. The first-order valence-electron chi connectivity index (χ1n) is 9.65. The number of amides is 2. The second kappa shape index (κ2) is 9.17. The maximum atomic E-state index is 13.0. The number of amidine groups is 1. The molecule has 28 heavy (non-hydrogen) atoms. The summed E-state index contributed by atoms with van der Waals surface area (Å²) in [4.78, 5) is 25.8. The van der Waals surface area contributed by atoms with E-state index in [2.05, 4.69) is 10.6 Å². The highest BCUT2D eigenvalue weighted by Gasteiger charge is 2.26. The average Bonchev–Trinajstić information content (AvgIpc) is 2.73. The van der Waals surface area contributed by atoms with Crippen LogP contribution in [0, 0.1) is 5.41 Å². The summed E-state index contributed by atoms with van der Waals surface area (Å²) in [6.07, 6.45) is 5.39. The summed E-state index contributed by atoms with van der Waals surface area (Å²) in [5.41, 5.74) is 7.07. The number of nitrogens with one attached hydrogen (secondary N) is 3. The Hall–Kier alpha value is -3.15. The molecule has 2 aromatic carbocycles. The lowest BCUT2D eigenvalue weighted by Gasteiger charge is -2.26. The highest BCUT2D eigenvalue weighted by atomic mass is 16.2. The van der Waals surface area contributed by atoms with E-state index in [9.17, 15) is 9.59 Å². The van der Waals surface area contributed by atoms with Gasteiger partial charge in [0.15, 0.2) is 0 Å². The van der Waals surface area contributed by atoms with Gasteiger partial charge in [0.2, 0.25) is 5.91 Å². The standard InChI is InChI=1S/C22H26N4O2/c23-20(24)16-10-7-11-17(14-16)21(27)26-19(15-8-3-1-4-9-15)22(28)25-18-12-5-2-6-13-18/h1,3-4,7-11,14,18-19H,2,5-6,12-13H2,(H3,23,24)(H,25,28)(H,26,27)/t19-/m1/s1. The van der Waals surface area contributed by atoms with E-state index in [1.165, 1.54) is 6.42 Å². The third kappa shape index (κ3) is 4.97. The molecule has 1 atom stereocenters. The van der Waals surface area contributed by atoms with Crippen molar-refractivity contribution < 1.29 is 9.59 Å². The van der Waals surface area contributed by atoms with E-state index in [0.29, 0.717) is 11.1 Å². The number of hydrogen-bond donors (Lipinski definition) is 4. The summed E-state index contributed by atoms with van der Waals surface area (Å²) in [6.45, 7) is 0. The molecule has 3 rings (SSSR count). The van der Waals surface area contributed by atoms with Crippen LogP contribution in [0.3, 0.4) is 0 Å². The molecular weight excluding hydrogens is 352 g/mol. The lowest BCUT2D eigenvalue weighted by atomic mass is 9.95. The first-order chi connectivity index (χ1) is 13.5. The van der Waals surface area contributed by atoms with Crippen molar-refractivity contribution >= 4 is 17.6 Å². The van der Waals surface area contributed by atoms with E-state index in [-0.39, 0.29) is 23.7 Å². The number of benzene rings is 2. The van der Waals surface area contributed by atoms with Crippen LogP contribution in [0.1, 0.15) is 59.6 Å². The smallest absolute Gasteiger partial charge is 0.252 e. The zero-order valence-electron chi connectivity index (χ0n) is 15.8. The van der Waals surface area contributed by atoms with Gasteiger partial charge in [0.25, 0.3) is 5.91 Å². The molecule has 6 heteroatoms. The van der Waals surface area contributed by atoms with E-state index in [1.807, 2.05) is 30.3 Å². The van der Waals surface area contributed by atoms with E-state index in [1.54, 1.807) is 24.3 Å². The summed E-state index contributed by atoms with van der Waals surface area (Å²) in [6, 6.07) is 15.1. The van der Waals surface area contributed by atoms with E-state index in [0.717, 1.165) is 31.2 Å². The van der Waals surface area contributed by atoms with Crippen molar-refractivity contribution in [2.45, 2.75) is 44.2 Å². The molecule has 2 amide bonds. The van der Waals surface area contributed by atoms with Crippen molar-refractivity contribution in [2.75, 3.05) is 0 Å². The van der Waals surface area contributed by atoms with Gasteiger partial charge in [0.05, 0.1) is 0 Å². The predicted molar refractivity (Wildman–Crippen MR) is 109 cm³/mol. The molecule has 1 saturated carbocycles. The van der Waals surface area contributed by atoms with E-state index >= 15 is 0 Å². The Morgan fingerprint density at radius 3 is 2.32 bits per heavy atom. The summed E-state index contributed by atoms with van der Waals surface area (Å²) in [7, 11) is 0. The Labute approximate surface area is 165 Å². The average molecular weight is 378 g/mol. The van der Waals surface area contributed by atoms with Gasteiger partial charge in [-0.25, -0.2) is 0 Å². The minimum absolute atomic E-state index is 0.107. The molecule has 146 valence electrons. The molecule has 2 aromatic rings. The van der Waals surface area contributed by atoms with Gasteiger partial charge in [-0.05, 0) is 30.5 Å². The highest BCUT2D eigenvalue weighted by Crippen LogP contribution is 2.20. The first kappa shape index (κ1) is 19.6. The Balaban J connectivity index is 1.79. The van der Waals surface area contributed by atoms with Crippen LogP contribution in [0.25, 0.3) is 0 Å². The Morgan fingerprint density at radius 1 is 0.964 bits per heavy atom. The maximum absolute atomic E-state index is 13.0. The summed E-state index contributed by atoms with van der Waals surface area (Å²) in [5, 5.41) is 13.5. The lowest BCUT2D eigenvalue weighted by Crippen LogP contribution is -2.45. The lowest BCUT2D eigenvalue weighted by molar-refractivity contribution is -0.124. The zero-order chi connectivity index (χ0) is 19.9. The van der Waals surface area contributed by atoms with Gasteiger partial charge >= 0.3 is 0 Å². The molecule has 0 unspecified atom stereocenters. The van der Waals surface area contributed by atoms with Crippen LogP contribution in [0.4, 0.5) is 0 Å². The van der Waals surface area contributed by atoms with Gasteiger partial charge in [0, 0.05) is 17.2 Å². The molecule has 0 radical (unpaired) electrons. The van der Waals surface area contributed by atoms with Gasteiger partial charge in [-0.3, -0.25) is 15.0 Å². The molecule has 1 fully saturated rings. The number of carbonyl (C=O) groups is 2. The number of nitrogens with two attached hydrogens (primary N) is 1. The van der Waals surface area contributed by atoms with Crippen LogP contribution in [-0.4, -0.2) is 23.7 Å². The van der Waals surface area contributed by atoms with Crippen LogP contribution in [0.5, 0.6) is 0 Å². The SMILES string of the molecule is N=C(N)c1cccc(C(=O)N[C@@H](C(=O)NC2CCCCC2)c2ccccc2)c1. The van der Waals surface area contributed by atoms with Crippen molar-refractivity contribution in [3.63, 3.8) is 0 Å². The summed E-state index contributed by atoms with van der Waals surface area (Å²) < 4.78 is 0. The molecule has 0 spiro atoms. The van der Waals surface area contributed by atoms with Crippen molar-refractivity contribution in [1.29, 1.82) is 5.41 Å². The minimum atomic E-state index is -0.781. The molecule has 0 aromatic heterocycles. The van der Waals surface area contributed by atoms with Crippen molar-refractivity contribution in [2.24, 2.45) is 5.73 Å². The Kier molecular flexibility index (Phi) is 6.42. The fourth-order valence-electron chi connectivity index (χ4n) is 3.52. The van der Waals surface area contributed by atoms with Crippen molar-refractivity contribution in [3.05, 3.63) is 71.3 Å². The van der Waals surface area contributed by atoms with Crippen molar-refractivity contribution in [1.82, 2.24) is 10.6 Å². The molecule has 1 aliphatic rings. The third-order valence-corrected chi connectivity index (χ3v) is 5.06. The number of carbonyl (C=O) groups excluding carboxylic acids is 2. The topological polar surface area (TPSA) is 108 Å². The van der Waals surface area contributed by atoms with E-state index < -0.39 is 6.04 Å². The second-order valence-corrected chi connectivity index (χ2v) is 7.16. The van der Waals surface area contributed by atoms with E-state index in [4.69, 9.17) is 11.1 Å². The fourth-order valence-corrected chi connectivity index (χ4v) is 3.52. The van der Waals surface area contributed by atoms with Crippen molar-refractivity contribution in [3.8, 4) is 0 Å². The largest absolute Gasteiger partial charge is 0.384 e. The second-order valence-electron chi connectivity index (χ2n) is 7.16. The highest BCUT2D eigenvalue weighted by molar-refractivity contribution is 6.01. The van der Waals surface area contributed by atoms with Crippen LogP contribution in [0.15, 0.2) is 54.6 Å². The van der Waals surface area contributed by atoms with Crippen LogP contribution < -0.4 is 16.4 Å². The molecule has 5 N–H and O–H groups in total. The molecule has 0 heterocycles. The first-order valence-corrected chi connectivity index (χ1v) is 9.65. The molecular formula is C22H26N4O2. The number of nitrogen functional groups attached to an aromatic ring is 1. The van der Waals surface area contributed by atoms with Gasteiger partial charge in [0.1, 0.15) is 11.9 Å². The number of rotatable bonds is 6. The maximum Gasteiger partial charge on any atom is 0.252 e. The molecule has 0 saturated heterocycles. The van der Waals surface area contributed by atoms with Crippen LogP contribution >= 0.6 is 0 Å².